The molecule has 0 aromatic heterocycles. The molecule has 0 radical (unpaired) electrons. The smallest absolute Gasteiger partial charge is 0.306 e. The van der Waals surface area contributed by atoms with Gasteiger partial charge in [0.05, 0.1) is 12.3 Å². The van der Waals surface area contributed by atoms with Gasteiger partial charge in [-0.05, 0) is 5.56 Å². The molecule has 2 aliphatic rings. The molecule has 5 nitrogen and oxygen atoms in total. The highest BCUT2D eigenvalue weighted by Gasteiger charge is 2.51. The Balaban J connectivity index is 1.53. The van der Waals surface area contributed by atoms with Crippen LogP contribution in [-0.4, -0.2) is 24.5 Å². The summed E-state index contributed by atoms with van der Waals surface area (Å²) in [5.41, 5.74) is 1.000. The van der Waals surface area contributed by atoms with Crippen LogP contribution in [0.1, 0.15) is 18.4 Å². The highest BCUT2D eigenvalue weighted by atomic mass is 17.2. The van der Waals surface area contributed by atoms with E-state index in [2.05, 4.69) is 0 Å². The number of esters is 1. The summed E-state index contributed by atoms with van der Waals surface area (Å²) in [7, 11) is 0. The predicted octanol–water partition coefficient (Wildman–Crippen LogP) is 1.65. The van der Waals surface area contributed by atoms with E-state index in [4.69, 9.17) is 14.5 Å². The molecule has 0 spiro atoms. The third-order valence-corrected chi connectivity index (χ3v) is 3.97. The van der Waals surface area contributed by atoms with Gasteiger partial charge in [-0.1, -0.05) is 30.3 Å². The van der Waals surface area contributed by atoms with Gasteiger partial charge in [0.1, 0.15) is 25.1 Å². The number of hydrogen-bond acceptors (Lipinski definition) is 5. The quantitative estimate of drug-likeness (QED) is 0.354. The second-order valence-corrected chi connectivity index (χ2v) is 5.23. The van der Waals surface area contributed by atoms with Crippen molar-refractivity contribution >= 4 is 12.3 Å². The lowest BCUT2D eigenvalue weighted by Gasteiger charge is -2.16. The Morgan fingerprint density at radius 1 is 1.30 bits per heavy atom. The first kappa shape index (κ1) is 13.3. The fourth-order valence-electron chi connectivity index (χ4n) is 2.95. The van der Waals surface area contributed by atoms with Gasteiger partial charge in [-0.15, -0.1) is 0 Å². The molecule has 106 valence electrons. The lowest BCUT2D eigenvalue weighted by atomic mass is 9.94. The van der Waals surface area contributed by atoms with E-state index in [-0.39, 0.29) is 30.0 Å². The van der Waals surface area contributed by atoms with E-state index >= 15 is 0 Å². The van der Waals surface area contributed by atoms with Crippen molar-refractivity contribution in [3.05, 3.63) is 35.9 Å². The minimum Gasteiger partial charge on any atom is -0.462 e. The van der Waals surface area contributed by atoms with Crippen molar-refractivity contribution in [3.63, 3.8) is 0 Å². The molecule has 0 unspecified atom stereocenters. The van der Waals surface area contributed by atoms with Gasteiger partial charge >= 0.3 is 5.97 Å². The third kappa shape index (κ3) is 2.59. The highest BCUT2D eigenvalue weighted by molar-refractivity contribution is 5.74. The van der Waals surface area contributed by atoms with E-state index in [9.17, 15) is 9.59 Å². The molecule has 1 aromatic carbocycles. The maximum Gasteiger partial charge on any atom is 0.306 e. The van der Waals surface area contributed by atoms with Crippen molar-refractivity contribution < 1.29 is 24.1 Å². The Morgan fingerprint density at radius 2 is 2.10 bits per heavy atom. The topological polar surface area (TPSA) is 61.8 Å². The minimum absolute atomic E-state index is 0.0645. The van der Waals surface area contributed by atoms with E-state index in [1.807, 2.05) is 30.3 Å². The first-order valence-electron chi connectivity index (χ1n) is 6.75. The van der Waals surface area contributed by atoms with Crippen LogP contribution in [0.4, 0.5) is 0 Å². The van der Waals surface area contributed by atoms with Gasteiger partial charge in [0.15, 0.2) is 0 Å². The van der Waals surface area contributed by atoms with Crippen molar-refractivity contribution in [1.82, 2.24) is 0 Å². The van der Waals surface area contributed by atoms with Gasteiger partial charge in [0.25, 0.3) is 0 Å². The van der Waals surface area contributed by atoms with Crippen LogP contribution in [0.3, 0.4) is 0 Å². The largest absolute Gasteiger partial charge is 0.462 e. The van der Waals surface area contributed by atoms with E-state index in [0.29, 0.717) is 19.4 Å². The highest BCUT2D eigenvalue weighted by Crippen LogP contribution is 2.41. The molecule has 2 fully saturated rings. The normalized spacial score (nSPS) is 31.9. The molecule has 1 heterocycles. The van der Waals surface area contributed by atoms with Crippen LogP contribution in [0.2, 0.25) is 0 Å². The fourth-order valence-corrected chi connectivity index (χ4v) is 2.95. The van der Waals surface area contributed by atoms with Crippen molar-refractivity contribution in [2.75, 3.05) is 0 Å². The fraction of sp³-hybridized carbons (Fsp3) is 0.467. The molecule has 0 N–H and O–H groups in total. The standard InChI is InChI=1S/C15H16O5/c16-8-12-11-6-15(17)19-13(11)7-14(12)20-18-9-10-4-2-1-3-5-10/h1-5,8,11-14H,6-7,9H2/t11-,12-,13+,14-/m1/s1. The zero-order valence-corrected chi connectivity index (χ0v) is 10.9. The van der Waals surface area contributed by atoms with Crippen LogP contribution >= 0.6 is 0 Å². The number of benzene rings is 1. The van der Waals surface area contributed by atoms with Gasteiger partial charge in [0.2, 0.25) is 0 Å². The van der Waals surface area contributed by atoms with Crippen LogP contribution in [-0.2, 0) is 30.7 Å². The molecule has 1 aliphatic carbocycles. The number of aldehydes is 1. The molecule has 1 aliphatic heterocycles. The maximum absolute atomic E-state index is 11.2. The lowest BCUT2D eigenvalue weighted by molar-refractivity contribution is -0.337. The van der Waals surface area contributed by atoms with Crippen molar-refractivity contribution in [2.45, 2.75) is 31.7 Å². The van der Waals surface area contributed by atoms with E-state index in [1.165, 1.54) is 0 Å². The van der Waals surface area contributed by atoms with E-state index in [1.54, 1.807) is 0 Å². The van der Waals surface area contributed by atoms with Crippen molar-refractivity contribution in [1.29, 1.82) is 0 Å². The Hall–Kier alpha value is -1.72. The third-order valence-electron chi connectivity index (χ3n) is 3.97. The van der Waals surface area contributed by atoms with E-state index < -0.39 is 0 Å². The average molecular weight is 276 g/mol. The summed E-state index contributed by atoms with van der Waals surface area (Å²) in [6.07, 6.45) is 1.13. The molecule has 1 saturated heterocycles. The second-order valence-electron chi connectivity index (χ2n) is 5.23. The summed E-state index contributed by atoms with van der Waals surface area (Å²) in [5, 5.41) is 0. The van der Waals surface area contributed by atoms with Crippen LogP contribution in [0, 0.1) is 11.8 Å². The van der Waals surface area contributed by atoms with Crippen LogP contribution < -0.4 is 0 Å². The Kier molecular flexibility index (Phi) is 3.80. The van der Waals surface area contributed by atoms with Gasteiger partial charge in [-0.3, -0.25) is 4.79 Å². The first-order chi connectivity index (χ1) is 9.78. The Bertz CT molecular complexity index is 486. The number of ether oxygens (including phenoxy) is 1. The second kappa shape index (κ2) is 5.73. The summed E-state index contributed by atoms with van der Waals surface area (Å²) >= 11 is 0. The van der Waals surface area contributed by atoms with Crippen LogP contribution in [0.15, 0.2) is 30.3 Å². The maximum atomic E-state index is 11.2. The molecule has 0 bridgehead atoms. The zero-order chi connectivity index (χ0) is 13.9. The zero-order valence-electron chi connectivity index (χ0n) is 10.9. The molecule has 5 heteroatoms. The van der Waals surface area contributed by atoms with Crippen LogP contribution in [0.25, 0.3) is 0 Å². The molecular weight excluding hydrogens is 260 g/mol. The first-order valence-corrected chi connectivity index (χ1v) is 6.75. The molecule has 3 rings (SSSR count). The number of carbonyl (C=O) groups excluding carboxylic acids is 2. The average Bonchev–Trinajstić information content (AvgIpc) is 2.95. The Labute approximate surface area is 116 Å². The molecule has 0 amide bonds. The van der Waals surface area contributed by atoms with Gasteiger partial charge in [-0.25, -0.2) is 9.78 Å². The van der Waals surface area contributed by atoms with Gasteiger partial charge in [-0.2, -0.15) is 0 Å². The lowest BCUT2D eigenvalue weighted by Crippen LogP contribution is -2.24. The number of rotatable bonds is 5. The summed E-state index contributed by atoms with van der Waals surface area (Å²) in [5.74, 6) is -0.622. The SMILES string of the molecule is O=C[C@@H]1[C@H]2CC(=O)O[C@H]2C[C@H]1OOCc1ccccc1. The number of fused-ring (bicyclic) bond motifs is 1. The van der Waals surface area contributed by atoms with Gasteiger partial charge < -0.3 is 9.53 Å². The Morgan fingerprint density at radius 3 is 2.85 bits per heavy atom. The van der Waals surface area contributed by atoms with E-state index in [0.717, 1.165) is 11.8 Å². The van der Waals surface area contributed by atoms with Crippen molar-refractivity contribution in [3.8, 4) is 0 Å². The molecule has 4 atom stereocenters. The summed E-state index contributed by atoms with van der Waals surface area (Å²) in [6.45, 7) is 0.331. The molecule has 1 aromatic rings. The molecular formula is C15H16O5. The molecule has 1 saturated carbocycles. The number of hydrogen-bond donors (Lipinski definition) is 0. The molecule has 20 heavy (non-hydrogen) atoms. The summed E-state index contributed by atoms with van der Waals surface area (Å²) in [4.78, 5) is 33.0. The monoisotopic (exact) mass is 276 g/mol. The number of carbonyl (C=O) groups is 2. The summed E-state index contributed by atoms with van der Waals surface area (Å²) < 4.78 is 5.18. The summed E-state index contributed by atoms with van der Waals surface area (Å²) in [6, 6.07) is 9.65. The van der Waals surface area contributed by atoms with Crippen molar-refractivity contribution in [2.24, 2.45) is 11.8 Å². The van der Waals surface area contributed by atoms with Crippen LogP contribution in [0.5, 0.6) is 0 Å². The minimum atomic E-state index is -0.334. The van der Waals surface area contributed by atoms with Gasteiger partial charge in [0, 0.05) is 12.3 Å². The predicted molar refractivity (Wildman–Crippen MR) is 68.3 cm³/mol.